The molecule has 0 aromatic carbocycles. The fourth-order valence-corrected chi connectivity index (χ4v) is 1.46. The fourth-order valence-electron chi connectivity index (χ4n) is 1.30. The molecule has 0 saturated carbocycles. The summed E-state index contributed by atoms with van der Waals surface area (Å²) in [7, 11) is 0. The quantitative estimate of drug-likeness (QED) is 0.619. The van der Waals surface area contributed by atoms with E-state index in [0.29, 0.717) is 19.6 Å². The minimum absolute atomic E-state index is 0.103. The number of hydrogen-bond acceptors (Lipinski definition) is 3. The second-order valence-electron chi connectivity index (χ2n) is 3.48. The number of H-pyrrole nitrogens is 1. The van der Waals surface area contributed by atoms with Crippen molar-refractivity contribution >= 4 is 11.6 Å². The summed E-state index contributed by atoms with van der Waals surface area (Å²) in [4.78, 5) is 24.8. The average Bonchev–Trinajstić information content (AvgIpc) is 2.30. The van der Waals surface area contributed by atoms with Gasteiger partial charge in [0.05, 0.1) is 0 Å². The van der Waals surface area contributed by atoms with Gasteiger partial charge in [-0.3, -0.25) is 14.3 Å². The molecule has 0 fully saturated rings. The van der Waals surface area contributed by atoms with Crippen molar-refractivity contribution in [2.75, 3.05) is 13.2 Å². The zero-order valence-corrected chi connectivity index (χ0v) is 10.2. The van der Waals surface area contributed by atoms with Crippen molar-refractivity contribution in [1.82, 2.24) is 9.55 Å². The standard InChI is InChI=1S/C10H14ClFN2O3/c1-2-5-17-6-3-4-14-9(15)7(12)8(11)13-10(14)16/h2-6H2,1H3,(H,13,16). The van der Waals surface area contributed by atoms with E-state index in [1.54, 1.807) is 0 Å². The Morgan fingerprint density at radius 3 is 2.76 bits per heavy atom. The predicted molar refractivity (Wildman–Crippen MR) is 62.0 cm³/mol. The Morgan fingerprint density at radius 1 is 1.41 bits per heavy atom. The first kappa shape index (κ1) is 13.9. The van der Waals surface area contributed by atoms with Gasteiger partial charge >= 0.3 is 5.69 Å². The Morgan fingerprint density at radius 2 is 2.12 bits per heavy atom. The van der Waals surface area contributed by atoms with Crippen molar-refractivity contribution in [3.8, 4) is 0 Å². The van der Waals surface area contributed by atoms with Crippen LogP contribution in [0.15, 0.2) is 9.59 Å². The summed E-state index contributed by atoms with van der Waals surface area (Å²) in [5, 5.41) is -0.557. The van der Waals surface area contributed by atoms with Crippen LogP contribution in [-0.4, -0.2) is 22.8 Å². The third-order valence-electron chi connectivity index (χ3n) is 2.11. The number of halogens is 2. The van der Waals surface area contributed by atoms with Crippen molar-refractivity contribution in [3.63, 3.8) is 0 Å². The zero-order valence-electron chi connectivity index (χ0n) is 9.46. The van der Waals surface area contributed by atoms with Crippen LogP contribution in [-0.2, 0) is 11.3 Å². The summed E-state index contributed by atoms with van der Waals surface area (Å²) < 4.78 is 19.1. The Labute approximate surface area is 102 Å². The first-order chi connectivity index (χ1) is 8.07. The number of nitrogens with one attached hydrogen (secondary N) is 1. The third-order valence-corrected chi connectivity index (χ3v) is 2.37. The maximum absolute atomic E-state index is 13.1. The highest BCUT2D eigenvalue weighted by Gasteiger charge is 2.11. The zero-order chi connectivity index (χ0) is 12.8. The van der Waals surface area contributed by atoms with Crippen LogP contribution < -0.4 is 11.2 Å². The van der Waals surface area contributed by atoms with Crippen molar-refractivity contribution in [1.29, 1.82) is 0 Å². The Hall–Kier alpha value is -1.14. The molecule has 0 atom stereocenters. The van der Waals surface area contributed by atoms with Crippen LogP contribution in [0.3, 0.4) is 0 Å². The van der Waals surface area contributed by atoms with Crippen molar-refractivity contribution in [2.45, 2.75) is 26.3 Å². The van der Waals surface area contributed by atoms with E-state index >= 15 is 0 Å². The summed E-state index contributed by atoms with van der Waals surface area (Å²) in [5.41, 5.74) is -1.72. The summed E-state index contributed by atoms with van der Waals surface area (Å²) in [6.07, 6.45) is 1.36. The second-order valence-corrected chi connectivity index (χ2v) is 3.86. The van der Waals surface area contributed by atoms with E-state index in [9.17, 15) is 14.0 Å². The maximum atomic E-state index is 13.1. The van der Waals surface area contributed by atoms with Crippen LogP contribution in [0, 0.1) is 5.82 Å². The van der Waals surface area contributed by atoms with Crippen molar-refractivity contribution in [3.05, 3.63) is 31.8 Å². The van der Waals surface area contributed by atoms with Gasteiger partial charge < -0.3 is 4.74 Å². The number of aromatic nitrogens is 2. The van der Waals surface area contributed by atoms with Crippen LogP contribution in [0.2, 0.25) is 5.15 Å². The third kappa shape index (κ3) is 3.67. The topological polar surface area (TPSA) is 64.1 Å². The molecule has 0 saturated heterocycles. The first-order valence-electron chi connectivity index (χ1n) is 5.33. The lowest BCUT2D eigenvalue weighted by Gasteiger charge is -2.05. The molecular formula is C10H14ClFN2O3. The highest BCUT2D eigenvalue weighted by molar-refractivity contribution is 6.29. The second kappa shape index (κ2) is 6.56. The van der Waals surface area contributed by atoms with Gasteiger partial charge in [-0.1, -0.05) is 18.5 Å². The van der Waals surface area contributed by atoms with Crippen LogP contribution >= 0.6 is 11.6 Å². The molecule has 0 unspecified atom stereocenters. The molecular weight excluding hydrogens is 251 g/mol. The average molecular weight is 265 g/mol. The Balaban J connectivity index is 2.69. The monoisotopic (exact) mass is 264 g/mol. The smallest absolute Gasteiger partial charge is 0.329 e. The van der Waals surface area contributed by atoms with Gasteiger partial charge in [0, 0.05) is 19.8 Å². The van der Waals surface area contributed by atoms with Crippen LogP contribution in [0.5, 0.6) is 0 Å². The molecule has 0 aliphatic rings. The molecule has 1 heterocycles. The molecule has 0 spiro atoms. The van der Waals surface area contributed by atoms with Gasteiger partial charge in [0.15, 0.2) is 5.15 Å². The number of rotatable bonds is 6. The Bertz CT molecular complexity index is 483. The predicted octanol–water partition coefficient (Wildman–Crippen LogP) is 1.15. The molecule has 0 aliphatic heterocycles. The summed E-state index contributed by atoms with van der Waals surface area (Å²) in [5.74, 6) is -1.14. The van der Waals surface area contributed by atoms with E-state index in [1.807, 2.05) is 6.92 Å². The SMILES string of the molecule is CCCOCCCn1c(=O)[nH]c(Cl)c(F)c1=O. The van der Waals surface area contributed by atoms with E-state index in [1.165, 1.54) is 0 Å². The van der Waals surface area contributed by atoms with Gasteiger partial charge in [-0.05, 0) is 12.8 Å². The lowest BCUT2D eigenvalue weighted by Crippen LogP contribution is -2.37. The number of aromatic amines is 1. The molecule has 17 heavy (non-hydrogen) atoms. The van der Waals surface area contributed by atoms with Crippen LogP contribution in [0.25, 0.3) is 0 Å². The van der Waals surface area contributed by atoms with Gasteiger partial charge in [-0.25, -0.2) is 4.79 Å². The summed E-state index contributed by atoms with van der Waals surface area (Å²) in [6.45, 7) is 3.12. The molecule has 1 N–H and O–H groups in total. The highest BCUT2D eigenvalue weighted by Crippen LogP contribution is 2.02. The van der Waals surface area contributed by atoms with Gasteiger partial charge in [0.2, 0.25) is 5.82 Å². The number of nitrogens with zero attached hydrogens (tertiary/aromatic N) is 1. The lowest BCUT2D eigenvalue weighted by molar-refractivity contribution is 0.129. The maximum Gasteiger partial charge on any atom is 0.329 e. The van der Waals surface area contributed by atoms with Gasteiger partial charge in [-0.2, -0.15) is 4.39 Å². The lowest BCUT2D eigenvalue weighted by atomic mass is 10.4. The number of hydrogen-bond donors (Lipinski definition) is 1. The normalized spacial score (nSPS) is 10.8. The summed E-state index contributed by atoms with van der Waals surface area (Å²) >= 11 is 5.33. The minimum Gasteiger partial charge on any atom is -0.381 e. The van der Waals surface area contributed by atoms with E-state index in [-0.39, 0.29) is 6.54 Å². The van der Waals surface area contributed by atoms with Crippen LogP contribution in [0.1, 0.15) is 19.8 Å². The molecule has 7 heteroatoms. The molecule has 1 rings (SSSR count). The van der Waals surface area contributed by atoms with E-state index in [0.717, 1.165) is 11.0 Å². The van der Waals surface area contributed by atoms with Crippen molar-refractivity contribution < 1.29 is 9.13 Å². The molecule has 1 aromatic rings. The first-order valence-corrected chi connectivity index (χ1v) is 5.71. The molecule has 0 bridgehead atoms. The molecule has 0 amide bonds. The van der Waals surface area contributed by atoms with Crippen LogP contribution in [0.4, 0.5) is 4.39 Å². The minimum atomic E-state index is -1.14. The summed E-state index contributed by atoms with van der Waals surface area (Å²) in [6, 6.07) is 0. The molecule has 0 radical (unpaired) electrons. The van der Waals surface area contributed by atoms with Gasteiger partial charge in [-0.15, -0.1) is 0 Å². The largest absolute Gasteiger partial charge is 0.381 e. The van der Waals surface area contributed by atoms with E-state index in [4.69, 9.17) is 16.3 Å². The van der Waals surface area contributed by atoms with Crippen molar-refractivity contribution in [2.24, 2.45) is 0 Å². The molecule has 0 aliphatic carbocycles. The molecule has 5 nitrogen and oxygen atoms in total. The highest BCUT2D eigenvalue weighted by atomic mass is 35.5. The van der Waals surface area contributed by atoms with Gasteiger partial charge in [0.1, 0.15) is 0 Å². The number of ether oxygens (including phenoxy) is 1. The molecule has 96 valence electrons. The van der Waals surface area contributed by atoms with Gasteiger partial charge in [0.25, 0.3) is 5.56 Å². The van der Waals surface area contributed by atoms with E-state index < -0.39 is 22.2 Å². The fraction of sp³-hybridized carbons (Fsp3) is 0.600. The van der Waals surface area contributed by atoms with E-state index in [2.05, 4.69) is 4.98 Å². The molecule has 1 aromatic heterocycles. The Kier molecular flexibility index (Phi) is 5.37.